The van der Waals surface area contributed by atoms with Crippen molar-refractivity contribution in [2.75, 3.05) is 0 Å². The van der Waals surface area contributed by atoms with Crippen LogP contribution in [0.15, 0.2) is 23.3 Å². The van der Waals surface area contributed by atoms with Crippen molar-refractivity contribution in [2.45, 2.75) is 0 Å². The lowest BCUT2D eigenvalue weighted by molar-refractivity contribution is 0.352. The van der Waals surface area contributed by atoms with E-state index in [1.54, 1.807) is 18.9 Å². The van der Waals surface area contributed by atoms with E-state index >= 15 is 0 Å². The second-order valence-corrected chi connectivity index (χ2v) is 1.69. The van der Waals surface area contributed by atoms with Crippen molar-refractivity contribution >= 4 is 12.6 Å². The van der Waals surface area contributed by atoms with Gasteiger partial charge in [0.25, 0.3) is 0 Å². The van der Waals surface area contributed by atoms with Crippen molar-refractivity contribution in [3.63, 3.8) is 0 Å². The summed E-state index contributed by atoms with van der Waals surface area (Å²) in [4.78, 5) is 0.850. The van der Waals surface area contributed by atoms with Crippen LogP contribution in [0.25, 0.3) is 0 Å². The van der Waals surface area contributed by atoms with Crippen molar-refractivity contribution in [1.29, 1.82) is 0 Å². The molecule has 0 saturated carbocycles. The van der Waals surface area contributed by atoms with Gasteiger partial charge in [-0.25, -0.2) is 0 Å². The van der Waals surface area contributed by atoms with Crippen LogP contribution in [0.2, 0.25) is 0 Å². The summed E-state index contributed by atoms with van der Waals surface area (Å²) in [7, 11) is 0. The summed E-state index contributed by atoms with van der Waals surface area (Å²) in [6, 6.07) is 0. The minimum absolute atomic E-state index is 0.850. The largest absolute Gasteiger partial charge is 0.488 e. The summed E-state index contributed by atoms with van der Waals surface area (Å²) in [5.41, 5.74) is 0. The van der Waals surface area contributed by atoms with E-state index in [9.17, 15) is 0 Å². The molecule has 0 atom stereocenters. The first kappa shape index (κ1) is 4.78. The first-order valence-corrected chi connectivity index (χ1v) is 2.39. The molecule has 0 amide bonds. The van der Waals surface area contributed by atoms with Gasteiger partial charge in [0.1, 0.15) is 0 Å². The molecule has 1 aliphatic rings. The van der Waals surface area contributed by atoms with Gasteiger partial charge in [0, 0.05) is 4.91 Å². The predicted molar refractivity (Wildman–Crippen MR) is 31.6 cm³/mol. The summed E-state index contributed by atoms with van der Waals surface area (Å²) in [5, 5.41) is 0. The topological polar surface area (TPSA) is 9.23 Å². The predicted octanol–water partition coefficient (Wildman–Crippen LogP) is 1.51. The van der Waals surface area contributed by atoms with E-state index in [0.29, 0.717) is 0 Å². The first-order chi connectivity index (χ1) is 3.39. The standard InChI is InChI=1S/C5H5OS/c7-5-2-1-3-6-4-5/h1-4,7H. The minimum atomic E-state index is 0.850. The SMILES string of the molecule is SC1=CC=CO[CH]1. The highest BCUT2D eigenvalue weighted by molar-refractivity contribution is 7.84. The van der Waals surface area contributed by atoms with Crippen LogP contribution in [0.5, 0.6) is 0 Å². The highest BCUT2D eigenvalue weighted by Gasteiger charge is 1.90. The van der Waals surface area contributed by atoms with Gasteiger partial charge in [0.2, 0.25) is 0 Å². The van der Waals surface area contributed by atoms with E-state index in [-0.39, 0.29) is 0 Å². The summed E-state index contributed by atoms with van der Waals surface area (Å²) in [6.07, 6.45) is 5.24. The number of rotatable bonds is 0. The summed E-state index contributed by atoms with van der Waals surface area (Å²) in [6.45, 7) is 1.57. The van der Waals surface area contributed by atoms with Crippen LogP contribution < -0.4 is 0 Å². The maximum Gasteiger partial charge on any atom is 0.170 e. The third-order valence-electron chi connectivity index (χ3n) is 0.613. The van der Waals surface area contributed by atoms with Gasteiger partial charge in [-0.15, -0.1) is 12.6 Å². The van der Waals surface area contributed by atoms with Gasteiger partial charge in [-0.3, -0.25) is 0 Å². The highest BCUT2D eigenvalue weighted by atomic mass is 32.1. The molecule has 0 aromatic rings. The van der Waals surface area contributed by atoms with Gasteiger partial charge in [0.05, 0.1) is 6.26 Å². The molecule has 1 radical (unpaired) electrons. The molecule has 7 heavy (non-hydrogen) atoms. The Morgan fingerprint density at radius 2 is 2.43 bits per heavy atom. The monoisotopic (exact) mass is 113 g/mol. The molecule has 1 rings (SSSR count). The Bertz CT molecular complexity index is 115. The number of hydrogen-bond acceptors (Lipinski definition) is 2. The van der Waals surface area contributed by atoms with Crippen LogP contribution in [0.4, 0.5) is 0 Å². The van der Waals surface area contributed by atoms with E-state index in [1.165, 1.54) is 0 Å². The van der Waals surface area contributed by atoms with Crippen molar-refractivity contribution in [1.82, 2.24) is 0 Å². The zero-order chi connectivity index (χ0) is 5.11. The van der Waals surface area contributed by atoms with Gasteiger partial charge in [-0.1, -0.05) is 0 Å². The van der Waals surface area contributed by atoms with E-state index in [4.69, 9.17) is 4.74 Å². The first-order valence-electron chi connectivity index (χ1n) is 1.94. The molecule has 0 unspecified atom stereocenters. The average Bonchev–Trinajstić information content (AvgIpc) is 1.69. The lowest BCUT2D eigenvalue weighted by Gasteiger charge is -2.00. The average molecular weight is 113 g/mol. The fraction of sp³-hybridized carbons (Fsp3) is 0. The van der Waals surface area contributed by atoms with E-state index < -0.39 is 0 Å². The Kier molecular flexibility index (Phi) is 1.42. The van der Waals surface area contributed by atoms with Gasteiger partial charge in [-0.05, 0) is 12.2 Å². The third kappa shape index (κ3) is 1.27. The van der Waals surface area contributed by atoms with Crippen LogP contribution in [0.1, 0.15) is 0 Å². The van der Waals surface area contributed by atoms with E-state index in [1.807, 2.05) is 6.08 Å². The molecule has 2 heteroatoms. The van der Waals surface area contributed by atoms with Crippen LogP contribution in [0.3, 0.4) is 0 Å². The second kappa shape index (κ2) is 2.07. The fourth-order valence-electron chi connectivity index (χ4n) is 0.332. The molecule has 0 saturated heterocycles. The van der Waals surface area contributed by atoms with Crippen molar-refractivity contribution < 1.29 is 4.74 Å². The molecule has 0 aliphatic carbocycles. The molecular weight excluding hydrogens is 108 g/mol. The maximum atomic E-state index is 4.73. The molecule has 1 heterocycles. The Balaban J connectivity index is 2.57. The van der Waals surface area contributed by atoms with Crippen molar-refractivity contribution in [2.24, 2.45) is 0 Å². The maximum absolute atomic E-state index is 4.73. The second-order valence-electron chi connectivity index (χ2n) is 1.17. The number of ether oxygens (including phenoxy) is 1. The summed E-state index contributed by atoms with van der Waals surface area (Å²) in [5.74, 6) is 0. The van der Waals surface area contributed by atoms with Crippen LogP contribution >= 0.6 is 12.6 Å². The Labute approximate surface area is 48.1 Å². The Morgan fingerprint density at radius 3 is 2.71 bits per heavy atom. The molecule has 37 valence electrons. The normalized spacial score (nSPS) is 18.1. The number of thiol groups is 1. The Hall–Kier alpha value is -0.370. The summed E-state index contributed by atoms with van der Waals surface area (Å²) < 4.78 is 4.73. The van der Waals surface area contributed by atoms with E-state index in [2.05, 4.69) is 12.6 Å². The lowest BCUT2D eigenvalue weighted by Crippen LogP contribution is -1.81. The van der Waals surface area contributed by atoms with Gasteiger partial charge >= 0.3 is 0 Å². The number of allylic oxidation sites excluding steroid dienone is 2. The minimum Gasteiger partial charge on any atom is -0.488 e. The molecule has 1 nitrogen and oxygen atoms in total. The van der Waals surface area contributed by atoms with Crippen LogP contribution in [-0.4, -0.2) is 0 Å². The lowest BCUT2D eigenvalue weighted by atomic mass is 10.4. The van der Waals surface area contributed by atoms with Crippen LogP contribution in [0, 0.1) is 6.61 Å². The van der Waals surface area contributed by atoms with Gasteiger partial charge in [-0.2, -0.15) is 0 Å². The molecule has 0 aromatic heterocycles. The zero-order valence-corrected chi connectivity index (χ0v) is 4.56. The summed E-state index contributed by atoms with van der Waals surface area (Å²) >= 11 is 3.99. The molecule has 0 fully saturated rings. The Morgan fingerprint density at radius 1 is 1.57 bits per heavy atom. The molecule has 0 aromatic carbocycles. The van der Waals surface area contributed by atoms with E-state index in [0.717, 1.165) is 4.91 Å². The highest BCUT2D eigenvalue weighted by Crippen LogP contribution is 2.09. The van der Waals surface area contributed by atoms with Crippen molar-refractivity contribution in [3.8, 4) is 0 Å². The zero-order valence-electron chi connectivity index (χ0n) is 3.66. The quantitative estimate of drug-likeness (QED) is 0.468. The fourth-order valence-corrected chi connectivity index (χ4v) is 0.478. The molecular formula is C5H5OS. The molecule has 0 N–H and O–H groups in total. The van der Waals surface area contributed by atoms with Crippen molar-refractivity contribution in [3.05, 3.63) is 29.9 Å². The van der Waals surface area contributed by atoms with Crippen LogP contribution in [-0.2, 0) is 4.74 Å². The third-order valence-corrected chi connectivity index (χ3v) is 0.867. The van der Waals surface area contributed by atoms with Gasteiger partial charge in [0.15, 0.2) is 6.61 Å². The molecule has 1 aliphatic heterocycles. The molecule has 0 bridgehead atoms. The van der Waals surface area contributed by atoms with Gasteiger partial charge < -0.3 is 4.74 Å². The molecule has 0 spiro atoms. The number of hydrogen-bond donors (Lipinski definition) is 1. The smallest absolute Gasteiger partial charge is 0.170 e.